The molecule has 2 aromatic rings. The minimum Gasteiger partial charge on any atom is -0.494 e. The fourth-order valence-corrected chi connectivity index (χ4v) is 3.72. The number of nitrogens with one attached hydrogen (secondary N) is 1. The predicted molar refractivity (Wildman–Crippen MR) is 104 cm³/mol. The average molecular weight is 376 g/mol. The molecule has 0 aromatic heterocycles. The molecule has 0 bridgehead atoms. The molecule has 0 radical (unpaired) electrons. The highest BCUT2D eigenvalue weighted by atomic mass is 32.2. The molecular formula is C19H24N2O4S. The Balaban J connectivity index is 2.20. The van der Waals surface area contributed by atoms with Gasteiger partial charge in [0.2, 0.25) is 15.9 Å². The minimum atomic E-state index is -3.63. The monoisotopic (exact) mass is 376 g/mol. The van der Waals surface area contributed by atoms with Crippen LogP contribution < -0.4 is 14.4 Å². The maximum Gasteiger partial charge on any atom is 0.247 e. The third-order valence-corrected chi connectivity index (χ3v) is 5.05. The van der Waals surface area contributed by atoms with Crippen LogP contribution in [-0.2, 0) is 14.8 Å². The molecule has 0 aliphatic carbocycles. The molecule has 7 heteroatoms. The lowest BCUT2D eigenvalue weighted by Gasteiger charge is -2.28. The number of sulfonamides is 1. The summed E-state index contributed by atoms with van der Waals surface area (Å²) in [6.45, 7) is 5.92. The van der Waals surface area contributed by atoms with E-state index in [1.54, 1.807) is 43.3 Å². The first-order valence-electron chi connectivity index (χ1n) is 8.32. The van der Waals surface area contributed by atoms with Gasteiger partial charge in [-0.25, -0.2) is 8.42 Å². The molecule has 0 aliphatic heterocycles. The summed E-state index contributed by atoms with van der Waals surface area (Å²) in [5, 5.41) is 2.74. The number of anilines is 2. The topological polar surface area (TPSA) is 75.7 Å². The van der Waals surface area contributed by atoms with Crippen molar-refractivity contribution >= 4 is 27.3 Å². The lowest BCUT2D eigenvalue weighted by Crippen LogP contribution is -2.45. The van der Waals surface area contributed by atoms with Crippen molar-refractivity contribution in [3.05, 3.63) is 54.1 Å². The minimum absolute atomic E-state index is 0.417. The molecule has 1 atom stereocenters. The van der Waals surface area contributed by atoms with E-state index in [4.69, 9.17) is 4.74 Å². The van der Waals surface area contributed by atoms with E-state index in [1.165, 1.54) is 0 Å². The van der Waals surface area contributed by atoms with Gasteiger partial charge in [0, 0.05) is 5.69 Å². The standard InChI is InChI=1S/C19H24N2O4S/c1-5-25-18-12-8-16(9-13-18)20-19(22)15(3)21(26(4,23)24)17-10-6-14(2)7-11-17/h6-13,15H,5H2,1-4H3,(H,20,22)/t15-/m0/s1. The van der Waals surface area contributed by atoms with Crippen molar-refractivity contribution in [2.24, 2.45) is 0 Å². The fraction of sp³-hybridized carbons (Fsp3) is 0.316. The van der Waals surface area contributed by atoms with Crippen molar-refractivity contribution < 1.29 is 17.9 Å². The van der Waals surface area contributed by atoms with Crippen LogP contribution in [-0.4, -0.2) is 33.2 Å². The van der Waals surface area contributed by atoms with Gasteiger partial charge in [0.05, 0.1) is 18.6 Å². The van der Waals surface area contributed by atoms with E-state index in [9.17, 15) is 13.2 Å². The summed E-state index contributed by atoms with van der Waals surface area (Å²) in [5.41, 5.74) is 2.03. The van der Waals surface area contributed by atoms with Gasteiger partial charge in [-0.3, -0.25) is 9.10 Å². The van der Waals surface area contributed by atoms with Crippen LogP contribution in [0, 0.1) is 6.92 Å². The van der Waals surface area contributed by atoms with Crippen LogP contribution in [0.15, 0.2) is 48.5 Å². The number of aryl methyl sites for hydroxylation is 1. The number of hydrogen-bond acceptors (Lipinski definition) is 4. The zero-order valence-electron chi connectivity index (χ0n) is 15.4. The van der Waals surface area contributed by atoms with Crippen LogP contribution in [0.5, 0.6) is 5.75 Å². The Morgan fingerprint density at radius 3 is 2.19 bits per heavy atom. The molecule has 0 heterocycles. The molecule has 2 rings (SSSR count). The summed E-state index contributed by atoms with van der Waals surface area (Å²) in [7, 11) is -3.63. The van der Waals surface area contributed by atoms with Crippen molar-refractivity contribution in [3.63, 3.8) is 0 Å². The van der Waals surface area contributed by atoms with Crippen molar-refractivity contribution in [2.75, 3.05) is 22.5 Å². The van der Waals surface area contributed by atoms with Crippen molar-refractivity contribution in [1.29, 1.82) is 0 Å². The second-order valence-corrected chi connectivity index (χ2v) is 7.88. The van der Waals surface area contributed by atoms with E-state index >= 15 is 0 Å². The number of amides is 1. The Morgan fingerprint density at radius 2 is 1.69 bits per heavy atom. The van der Waals surface area contributed by atoms with Gasteiger partial charge in [-0.2, -0.15) is 0 Å². The zero-order valence-corrected chi connectivity index (χ0v) is 16.2. The van der Waals surface area contributed by atoms with Gasteiger partial charge >= 0.3 is 0 Å². The lowest BCUT2D eigenvalue weighted by atomic mass is 10.2. The lowest BCUT2D eigenvalue weighted by molar-refractivity contribution is -0.116. The second-order valence-electron chi connectivity index (χ2n) is 6.02. The quantitative estimate of drug-likeness (QED) is 0.805. The summed E-state index contributed by atoms with van der Waals surface area (Å²) < 4.78 is 31.0. The van der Waals surface area contributed by atoms with E-state index < -0.39 is 22.0 Å². The van der Waals surface area contributed by atoms with Crippen LogP contribution in [0.25, 0.3) is 0 Å². The molecule has 0 saturated carbocycles. The third-order valence-electron chi connectivity index (χ3n) is 3.81. The molecule has 0 aliphatic rings. The fourth-order valence-electron chi connectivity index (χ4n) is 2.55. The summed E-state index contributed by atoms with van der Waals surface area (Å²) in [5.74, 6) is 0.288. The summed E-state index contributed by atoms with van der Waals surface area (Å²) in [6, 6.07) is 13.0. The summed E-state index contributed by atoms with van der Waals surface area (Å²) in [6.07, 6.45) is 1.09. The summed E-state index contributed by atoms with van der Waals surface area (Å²) in [4.78, 5) is 12.6. The Hall–Kier alpha value is -2.54. The molecule has 140 valence electrons. The highest BCUT2D eigenvalue weighted by molar-refractivity contribution is 7.92. The van der Waals surface area contributed by atoms with E-state index in [0.717, 1.165) is 16.1 Å². The van der Waals surface area contributed by atoms with Crippen molar-refractivity contribution in [3.8, 4) is 5.75 Å². The van der Waals surface area contributed by atoms with Gasteiger partial charge in [-0.15, -0.1) is 0 Å². The maximum absolute atomic E-state index is 12.6. The van der Waals surface area contributed by atoms with Gasteiger partial charge in [0.1, 0.15) is 11.8 Å². The normalized spacial score (nSPS) is 12.3. The van der Waals surface area contributed by atoms with Gasteiger partial charge in [-0.05, 0) is 57.2 Å². The number of hydrogen-bond donors (Lipinski definition) is 1. The van der Waals surface area contributed by atoms with Gasteiger partial charge in [0.25, 0.3) is 0 Å². The number of carbonyl (C=O) groups excluding carboxylic acids is 1. The van der Waals surface area contributed by atoms with Crippen LogP contribution in [0.1, 0.15) is 19.4 Å². The van der Waals surface area contributed by atoms with Crippen molar-refractivity contribution in [1.82, 2.24) is 0 Å². The molecular weight excluding hydrogens is 352 g/mol. The third kappa shape index (κ3) is 4.98. The first-order chi connectivity index (χ1) is 12.2. The van der Waals surface area contributed by atoms with Gasteiger partial charge < -0.3 is 10.1 Å². The molecule has 0 fully saturated rings. The van der Waals surface area contributed by atoms with Crippen molar-refractivity contribution in [2.45, 2.75) is 26.8 Å². The number of nitrogens with zero attached hydrogens (tertiary/aromatic N) is 1. The van der Waals surface area contributed by atoms with E-state index in [1.807, 2.05) is 26.0 Å². The van der Waals surface area contributed by atoms with E-state index in [-0.39, 0.29) is 0 Å². The SMILES string of the molecule is CCOc1ccc(NC(=O)[C@H](C)N(c2ccc(C)cc2)S(C)(=O)=O)cc1. The molecule has 2 aromatic carbocycles. The number of rotatable bonds is 7. The Labute approximate surface area is 154 Å². The first kappa shape index (κ1) is 19.8. The predicted octanol–water partition coefficient (Wildman–Crippen LogP) is 3.19. The molecule has 26 heavy (non-hydrogen) atoms. The van der Waals surface area contributed by atoms with Crippen LogP contribution in [0.4, 0.5) is 11.4 Å². The highest BCUT2D eigenvalue weighted by Crippen LogP contribution is 2.22. The Kier molecular flexibility index (Phi) is 6.26. The van der Waals surface area contributed by atoms with E-state index in [0.29, 0.717) is 23.7 Å². The smallest absolute Gasteiger partial charge is 0.247 e. The first-order valence-corrected chi connectivity index (χ1v) is 10.2. The molecule has 1 N–H and O–H groups in total. The molecule has 6 nitrogen and oxygen atoms in total. The van der Waals surface area contributed by atoms with Crippen LogP contribution in [0.3, 0.4) is 0 Å². The maximum atomic E-state index is 12.6. The van der Waals surface area contributed by atoms with Crippen LogP contribution in [0.2, 0.25) is 0 Å². The molecule has 0 spiro atoms. The summed E-state index contributed by atoms with van der Waals surface area (Å²) >= 11 is 0. The number of benzene rings is 2. The molecule has 0 unspecified atom stereocenters. The second kappa shape index (κ2) is 8.23. The number of ether oxygens (including phenoxy) is 1. The van der Waals surface area contributed by atoms with Gasteiger partial charge in [0.15, 0.2) is 0 Å². The zero-order chi connectivity index (χ0) is 19.3. The molecule has 1 amide bonds. The van der Waals surface area contributed by atoms with E-state index in [2.05, 4.69) is 5.32 Å². The van der Waals surface area contributed by atoms with Crippen LogP contribution >= 0.6 is 0 Å². The highest BCUT2D eigenvalue weighted by Gasteiger charge is 2.29. The Morgan fingerprint density at radius 1 is 1.12 bits per heavy atom. The van der Waals surface area contributed by atoms with Gasteiger partial charge in [-0.1, -0.05) is 17.7 Å². The molecule has 0 saturated heterocycles. The number of carbonyl (C=O) groups is 1. The average Bonchev–Trinajstić information content (AvgIpc) is 2.57. The largest absolute Gasteiger partial charge is 0.494 e. The Bertz CT molecular complexity index is 846.